The van der Waals surface area contributed by atoms with Gasteiger partial charge >= 0.3 is 0 Å². The molecule has 2 heterocycles. The predicted molar refractivity (Wildman–Crippen MR) is 71.9 cm³/mol. The van der Waals surface area contributed by atoms with Gasteiger partial charge in [-0.1, -0.05) is 11.6 Å². The molecule has 1 fully saturated rings. The van der Waals surface area contributed by atoms with E-state index in [0.717, 1.165) is 23.2 Å². The number of aromatic nitrogens is 2. The maximum absolute atomic E-state index is 6.12. The van der Waals surface area contributed by atoms with E-state index in [2.05, 4.69) is 30.8 Å². The lowest BCUT2D eigenvalue weighted by Crippen LogP contribution is -2.40. The standard InChI is InChI=1S/C12H11BrClN3/c13-10-2-1-9(3-11(10)14)17-7-16-6-12(17)8-4-15-5-8/h1-3,6-8,15H,4-5H2. The monoisotopic (exact) mass is 311 g/mol. The topological polar surface area (TPSA) is 29.9 Å². The number of benzene rings is 1. The Kier molecular flexibility index (Phi) is 2.94. The second kappa shape index (κ2) is 4.44. The van der Waals surface area contributed by atoms with E-state index in [4.69, 9.17) is 11.6 Å². The molecule has 1 aromatic carbocycles. The van der Waals surface area contributed by atoms with E-state index < -0.39 is 0 Å². The third-order valence-corrected chi connectivity index (χ3v) is 4.28. The fraction of sp³-hybridized carbons (Fsp3) is 0.250. The first-order valence-corrected chi connectivity index (χ1v) is 6.61. The Morgan fingerprint density at radius 2 is 2.24 bits per heavy atom. The number of rotatable bonds is 2. The summed E-state index contributed by atoms with van der Waals surface area (Å²) >= 11 is 9.52. The van der Waals surface area contributed by atoms with Crippen molar-refractivity contribution in [3.05, 3.63) is 45.9 Å². The van der Waals surface area contributed by atoms with E-state index in [0.29, 0.717) is 10.9 Å². The summed E-state index contributed by atoms with van der Waals surface area (Å²) in [6, 6.07) is 5.94. The lowest BCUT2D eigenvalue weighted by atomic mass is 10.00. The average Bonchev–Trinajstić information content (AvgIpc) is 2.68. The van der Waals surface area contributed by atoms with E-state index >= 15 is 0 Å². The SMILES string of the molecule is Clc1cc(-n2cncc2C2CNC2)ccc1Br. The Morgan fingerprint density at radius 1 is 1.41 bits per heavy atom. The van der Waals surface area contributed by atoms with Crippen LogP contribution in [0, 0.1) is 0 Å². The van der Waals surface area contributed by atoms with Gasteiger partial charge in [-0.15, -0.1) is 0 Å². The first-order valence-electron chi connectivity index (χ1n) is 5.44. The number of nitrogens with one attached hydrogen (secondary N) is 1. The zero-order valence-electron chi connectivity index (χ0n) is 9.03. The van der Waals surface area contributed by atoms with Gasteiger partial charge in [0, 0.05) is 41.1 Å². The first-order chi connectivity index (χ1) is 8.25. The number of nitrogens with zero attached hydrogens (tertiary/aromatic N) is 2. The van der Waals surface area contributed by atoms with Crippen LogP contribution in [0.1, 0.15) is 11.6 Å². The van der Waals surface area contributed by atoms with Crippen LogP contribution in [0.3, 0.4) is 0 Å². The maximum Gasteiger partial charge on any atom is 0.0994 e. The van der Waals surface area contributed by atoms with Crippen LogP contribution in [-0.4, -0.2) is 22.6 Å². The normalized spacial score (nSPS) is 15.9. The minimum Gasteiger partial charge on any atom is -0.315 e. The minimum absolute atomic E-state index is 0.555. The molecule has 0 amide bonds. The van der Waals surface area contributed by atoms with Gasteiger partial charge in [-0.2, -0.15) is 0 Å². The zero-order chi connectivity index (χ0) is 11.8. The molecule has 3 nitrogen and oxygen atoms in total. The van der Waals surface area contributed by atoms with Gasteiger partial charge in [-0.25, -0.2) is 4.98 Å². The summed E-state index contributed by atoms with van der Waals surface area (Å²) in [6.45, 7) is 2.05. The lowest BCUT2D eigenvalue weighted by molar-refractivity contribution is 0.435. The summed E-state index contributed by atoms with van der Waals surface area (Å²) in [5, 5.41) is 3.99. The molecule has 2 aromatic rings. The molecule has 0 spiro atoms. The number of hydrogen-bond donors (Lipinski definition) is 1. The van der Waals surface area contributed by atoms with Crippen LogP contribution >= 0.6 is 27.5 Å². The largest absolute Gasteiger partial charge is 0.315 e. The van der Waals surface area contributed by atoms with Crippen LogP contribution in [0.5, 0.6) is 0 Å². The Balaban J connectivity index is 2.02. The van der Waals surface area contributed by atoms with Crippen molar-refractivity contribution in [2.45, 2.75) is 5.92 Å². The van der Waals surface area contributed by atoms with Gasteiger partial charge in [0.25, 0.3) is 0 Å². The molecule has 1 aromatic heterocycles. The molecule has 1 N–H and O–H groups in total. The minimum atomic E-state index is 0.555. The number of hydrogen-bond acceptors (Lipinski definition) is 2. The van der Waals surface area contributed by atoms with Crippen molar-refractivity contribution in [2.75, 3.05) is 13.1 Å². The van der Waals surface area contributed by atoms with Gasteiger partial charge in [-0.05, 0) is 34.1 Å². The van der Waals surface area contributed by atoms with Gasteiger partial charge in [0.05, 0.1) is 11.3 Å². The van der Waals surface area contributed by atoms with Crippen molar-refractivity contribution in [3.63, 3.8) is 0 Å². The van der Waals surface area contributed by atoms with E-state index in [1.807, 2.05) is 30.7 Å². The Bertz CT molecular complexity index is 548. The highest BCUT2D eigenvalue weighted by atomic mass is 79.9. The summed E-state index contributed by atoms with van der Waals surface area (Å²) in [5.41, 5.74) is 2.29. The van der Waals surface area contributed by atoms with Crippen LogP contribution in [0.4, 0.5) is 0 Å². The molecule has 1 aliphatic heterocycles. The molecular formula is C12H11BrClN3. The van der Waals surface area contributed by atoms with E-state index in [1.54, 1.807) is 0 Å². The smallest absolute Gasteiger partial charge is 0.0994 e. The van der Waals surface area contributed by atoms with Crippen molar-refractivity contribution >= 4 is 27.5 Å². The van der Waals surface area contributed by atoms with Gasteiger partial charge in [0.15, 0.2) is 0 Å². The molecule has 1 saturated heterocycles. The van der Waals surface area contributed by atoms with Crippen molar-refractivity contribution in [1.29, 1.82) is 0 Å². The fourth-order valence-corrected chi connectivity index (χ4v) is 2.38. The number of imidazole rings is 1. The quantitative estimate of drug-likeness (QED) is 0.924. The van der Waals surface area contributed by atoms with Gasteiger partial charge < -0.3 is 9.88 Å². The van der Waals surface area contributed by atoms with Crippen molar-refractivity contribution in [3.8, 4) is 5.69 Å². The van der Waals surface area contributed by atoms with Crippen LogP contribution in [0.2, 0.25) is 5.02 Å². The van der Waals surface area contributed by atoms with E-state index in [-0.39, 0.29) is 0 Å². The van der Waals surface area contributed by atoms with Crippen molar-refractivity contribution in [2.24, 2.45) is 0 Å². The van der Waals surface area contributed by atoms with Gasteiger partial charge in [0.2, 0.25) is 0 Å². The van der Waals surface area contributed by atoms with Crippen LogP contribution < -0.4 is 5.32 Å². The molecule has 0 aliphatic carbocycles. The molecule has 0 unspecified atom stereocenters. The summed E-state index contributed by atoms with van der Waals surface area (Å²) in [6.07, 6.45) is 3.77. The molecule has 5 heteroatoms. The molecule has 0 atom stereocenters. The van der Waals surface area contributed by atoms with Crippen LogP contribution in [0.25, 0.3) is 5.69 Å². The average molecular weight is 313 g/mol. The van der Waals surface area contributed by atoms with E-state index in [9.17, 15) is 0 Å². The molecule has 0 radical (unpaired) electrons. The third-order valence-electron chi connectivity index (χ3n) is 3.05. The molecule has 0 saturated carbocycles. The molecule has 3 rings (SSSR count). The van der Waals surface area contributed by atoms with Crippen molar-refractivity contribution < 1.29 is 0 Å². The second-order valence-electron chi connectivity index (χ2n) is 4.14. The highest BCUT2D eigenvalue weighted by Crippen LogP contribution is 2.27. The summed E-state index contributed by atoms with van der Waals surface area (Å²) in [4.78, 5) is 4.23. The second-order valence-corrected chi connectivity index (χ2v) is 5.40. The summed E-state index contributed by atoms with van der Waals surface area (Å²) < 4.78 is 3.01. The number of halogens is 2. The molecule has 17 heavy (non-hydrogen) atoms. The summed E-state index contributed by atoms with van der Waals surface area (Å²) in [7, 11) is 0. The Morgan fingerprint density at radius 3 is 2.88 bits per heavy atom. The van der Waals surface area contributed by atoms with Gasteiger partial charge in [0.1, 0.15) is 0 Å². The lowest BCUT2D eigenvalue weighted by Gasteiger charge is -2.27. The first kappa shape index (κ1) is 11.3. The van der Waals surface area contributed by atoms with Crippen LogP contribution in [-0.2, 0) is 0 Å². The predicted octanol–water partition coefficient (Wildman–Crippen LogP) is 2.98. The molecule has 1 aliphatic rings. The van der Waals surface area contributed by atoms with Crippen LogP contribution in [0.15, 0.2) is 35.2 Å². The van der Waals surface area contributed by atoms with Crippen molar-refractivity contribution in [1.82, 2.24) is 14.9 Å². The zero-order valence-corrected chi connectivity index (χ0v) is 11.4. The maximum atomic E-state index is 6.12. The highest BCUT2D eigenvalue weighted by molar-refractivity contribution is 9.10. The highest BCUT2D eigenvalue weighted by Gasteiger charge is 2.22. The third kappa shape index (κ3) is 2.01. The molecular weight excluding hydrogens is 302 g/mol. The fourth-order valence-electron chi connectivity index (χ4n) is 1.96. The molecule has 0 bridgehead atoms. The van der Waals surface area contributed by atoms with Gasteiger partial charge in [-0.3, -0.25) is 0 Å². The summed E-state index contributed by atoms with van der Waals surface area (Å²) in [5.74, 6) is 0.555. The Labute approximate surface area is 113 Å². The van der Waals surface area contributed by atoms with E-state index in [1.165, 1.54) is 5.69 Å². The Hall–Kier alpha value is -0.840. The molecule has 88 valence electrons.